The van der Waals surface area contributed by atoms with Gasteiger partial charge in [0, 0.05) is 19.6 Å². The molecule has 8 amide bonds. The second-order valence-electron chi connectivity index (χ2n) is 18.3. The van der Waals surface area contributed by atoms with Gasteiger partial charge < -0.3 is 92.5 Å². The van der Waals surface area contributed by atoms with Crippen molar-refractivity contribution in [1.29, 1.82) is 0 Å². The summed E-state index contributed by atoms with van der Waals surface area (Å²) in [7, 11) is 0. The molecule has 1 heterocycles. The fourth-order valence-electron chi connectivity index (χ4n) is 7.84. The highest BCUT2D eigenvalue weighted by Crippen LogP contribution is 2.21. The van der Waals surface area contributed by atoms with Gasteiger partial charge in [-0.25, -0.2) is 4.79 Å². The number of hydrogen-bond donors (Lipinski definition) is 16. The van der Waals surface area contributed by atoms with Gasteiger partial charge in [-0.2, -0.15) is 0 Å². The van der Waals surface area contributed by atoms with Gasteiger partial charge >= 0.3 is 5.97 Å². The number of carboxylic acid groups (broad SMARTS) is 1. The fourth-order valence-corrected chi connectivity index (χ4v) is 7.84. The summed E-state index contributed by atoms with van der Waals surface area (Å²) in [6.45, 7) is 3.16. The van der Waals surface area contributed by atoms with Crippen LogP contribution in [0.1, 0.15) is 95.1 Å². The van der Waals surface area contributed by atoms with Crippen LogP contribution in [-0.2, 0) is 49.6 Å². The average molecular weight is 1060 g/mol. The predicted octanol–water partition coefficient (Wildman–Crippen LogP) is -5.13. The van der Waals surface area contributed by atoms with E-state index in [9.17, 15) is 53.4 Å². The molecule has 0 aliphatic carbocycles. The van der Waals surface area contributed by atoms with E-state index in [2.05, 4.69) is 42.2 Å². The summed E-state index contributed by atoms with van der Waals surface area (Å²) in [5.41, 5.74) is 40.6. The van der Waals surface area contributed by atoms with Crippen molar-refractivity contribution in [3.05, 3.63) is 47.2 Å². The molecule has 27 heteroatoms. The summed E-state index contributed by atoms with van der Waals surface area (Å²) in [5.74, 6) is -7.80. The van der Waals surface area contributed by atoms with Gasteiger partial charge in [0.2, 0.25) is 47.3 Å². The molecule has 0 spiro atoms. The molecule has 0 unspecified atom stereocenters. The molecule has 0 saturated carbocycles. The SMILES string of the molecule is Cc1ccc(CC[C@H](NC(=O)[C@@H]2CCCN2C(=O)[C@@H](CCCN)NC(=O)CNC(=O)[C@H](C)NC(=O)[C@@H](NC(=O)[C@@H](N)CCCCN)[C@@H](O)CN)C(=O)N[C@@H](CCCCN)C(=O)N/C(=C\CCN=C(N)N)C(=O)O)cc1. The van der Waals surface area contributed by atoms with Crippen LogP contribution < -0.4 is 77.4 Å². The number of nitrogens with zero attached hydrogens (tertiary/aromatic N) is 2. The van der Waals surface area contributed by atoms with E-state index in [0.29, 0.717) is 45.1 Å². The van der Waals surface area contributed by atoms with Crippen molar-refractivity contribution in [2.24, 2.45) is 45.1 Å². The quantitative estimate of drug-likeness (QED) is 0.0131. The molecule has 0 radical (unpaired) electrons. The first-order valence-corrected chi connectivity index (χ1v) is 25.4. The van der Waals surface area contributed by atoms with Crippen molar-refractivity contribution < 1.29 is 53.4 Å². The molecule has 0 bridgehead atoms. The maximum absolute atomic E-state index is 14.2. The molecule has 27 nitrogen and oxygen atoms in total. The second kappa shape index (κ2) is 34.7. The van der Waals surface area contributed by atoms with Crippen LogP contribution in [0.25, 0.3) is 0 Å². The first-order valence-electron chi connectivity index (χ1n) is 25.4. The summed E-state index contributed by atoms with van der Waals surface area (Å²) in [4.78, 5) is 126. The molecule has 75 heavy (non-hydrogen) atoms. The number of nitrogens with one attached hydrogen (secondary N) is 7. The number of carbonyl (C=O) groups is 9. The minimum absolute atomic E-state index is 0.0498. The van der Waals surface area contributed by atoms with Crippen molar-refractivity contribution in [2.45, 2.75) is 146 Å². The van der Waals surface area contributed by atoms with Crippen LogP contribution in [-0.4, -0.2) is 169 Å². The Hall–Kier alpha value is -6.78. The van der Waals surface area contributed by atoms with E-state index in [1.54, 1.807) is 0 Å². The molecule has 2 rings (SSSR count). The standard InChI is InChI=1S/C48H82N16O11/c1-28-15-17-30(18-16-28)19-20-33(43(70)60-32(11-4-6-22-50)42(69)62-35(47(74)75)13-8-24-56-48(54)55)61-44(71)36-14-9-25-64(36)46(73)34(12-7-23-51)59-38(66)27-57-40(67)29(2)58-45(72)39(37(65)26-52)63-41(68)31(53)10-3-5-21-49/h13,15-18,29,31-34,36-37,39,65H,3-12,14,19-27,49-53H2,1-2H3,(H,57,67)(H,58,72)(H,59,66)(H,60,70)(H,61,71)(H,62,69)(H,63,68)(H,74,75)(H4,54,55,56)/b35-13-/t29-,31-,32-,33-,34+,36-,37-,39-/m0/s1. The summed E-state index contributed by atoms with van der Waals surface area (Å²) < 4.78 is 0. The number of unbranched alkanes of at least 4 members (excludes halogenated alkanes) is 2. The largest absolute Gasteiger partial charge is 0.477 e. The van der Waals surface area contributed by atoms with E-state index >= 15 is 0 Å². The van der Waals surface area contributed by atoms with Crippen molar-refractivity contribution in [3.63, 3.8) is 0 Å². The molecular weight excluding hydrogens is 977 g/mol. The topological polar surface area (TPSA) is 476 Å². The number of hydrogen-bond acceptors (Lipinski definition) is 16. The van der Waals surface area contributed by atoms with Gasteiger partial charge in [0.15, 0.2) is 5.96 Å². The Morgan fingerprint density at radius 3 is 1.99 bits per heavy atom. The van der Waals surface area contributed by atoms with Crippen molar-refractivity contribution in [3.8, 4) is 0 Å². The third-order valence-corrected chi connectivity index (χ3v) is 12.2. The van der Waals surface area contributed by atoms with Crippen LogP contribution in [0.4, 0.5) is 0 Å². The number of rotatable bonds is 35. The Morgan fingerprint density at radius 1 is 0.747 bits per heavy atom. The van der Waals surface area contributed by atoms with Gasteiger partial charge in [0.1, 0.15) is 41.9 Å². The molecule has 1 fully saturated rings. The first kappa shape index (κ1) is 64.3. The molecule has 1 saturated heterocycles. The van der Waals surface area contributed by atoms with Gasteiger partial charge in [-0.05, 0) is 116 Å². The van der Waals surface area contributed by atoms with E-state index < -0.39 is 120 Å². The molecule has 0 aromatic heterocycles. The molecule has 1 aromatic carbocycles. The maximum atomic E-state index is 14.2. The summed E-state index contributed by atoms with van der Waals surface area (Å²) >= 11 is 0. The number of aryl methyl sites for hydroxylation is 2. The molecule has 420 valence electrons. The number of aliphatic carboxylic acids is 1. The van der Waals surface area contributed by atoms with Gasteiger partial charge in [-0.15, -0.1) is 0 Å². The average Bonchev–Trinajstić information content (AvgIpc) is 3.88. The number of aliphatic hydroxyl groups is 1. The fraction of sp³-hybridized carbons (Fsp3) is 0.625. The lowest BCUT2D eigenvalue weighted by molar-refractivity contribution is -0.142. The third kappa shape index (κ3) is 23.5. The van der Waals surface area contributed by atoms with Crippen molar-refractivity contribution in [2.75, 3.05) is 45.8 Å². The van der Waals surface area contributed by atoms with E-state index in [1.165, 1.54) is 17.9 Å². The smallest absolute Gasteiger partial charge is 0.352 e. The number of aliphatic imine (C=N–C) groups is 1. The Bertz CT molecular complexity index is 2110. The van der Waals surface area contributed by atoms with E-state index in [-0.39, 0.29) is 77.1 Å². The first-order chi connectivity index (χ1) is 35.7. The van der Waals surface area contributed by atoms with Crippen LogP contribution in [0, 0.1) is 6.92 Å². The minimum atomic E-state index is -1.56. The Kier molecular flexibility index (Phi) is 29.7. The van der Waals surface area contributed by atoms with Gasteiger partial charge in [0.05, 0.1) is 18.7 Å². The van der Waals surface area contributed by atoms with E-state index in [1.807, 2.05) is 31.2 Å². The zero-order valence-electron chi connectivity index (χ0n) is 43.2. The van der Waals surface area contributed by atoms with E-state index in [4.69, 9.17) is 40.1 Å². The monoisotopic (exact) mass is 1060 g/mol. The number of guanidine groups is 1. The number of likely N-dealkylation sites (tertiary alicyclic amines) is 1. The molecule has 23 N–H and O–H groups in total. The lowest BCUT2D eigenvalue weighted by atomic mass is 10.0. The van der Waals surface area contributed by atoms with Crippen LogP contribution in [0.15, 0.2) is 41.0 Å². The summed E-state index contributed by atoms with van der Waals surface area (Å²) in [6.07, 6.45) is 3.46. The number of nitrogens with two attached hydrogens (primary N) is 7. The van der Waals surface area contributed by atoms with Crippen molar-refractivity contribution in [1.82, 2.24) is 42.1 Å². The second-order valence-corrected chi connectivity index (χ2v) is 18.3. The van der Waals surface area contributed by atoms with Crippen LogP contribution in [0.3, 0.4) is 0 Å². The Morgan fingerprint density at radius 2 is 1.37 bits per heavy atom. The molecule has 1 aromatic rings. The van der Waals surface area contributed by atoms with Crippen molar-refractivity contribution >= 4 is 59.2 Å². The highest BCUT2D eigenvalue weighted by atomic mass is 16.4. The van der Waals surface area contributed by atoms with Crippen LogP contribution in [0.2, 0.25) is 0 Å². The number of benzene rings is 1. The minimum Gasteiger partial charge on any atom is -0.477 e. The summed E-state index contributed by atoms with van der Waals surface area (Å²) in [6, 6.07) is -1.10. The normalized spacial score (nSPS) is 16.1. The molecule has 8 atom stereocenters. The highest BCUT2D eigenvalue weighted by Gasteiger charge is 2.39. The Balaban J connectivity index is 2.25. The molecule has 1 aliphatic heterocycles. The van der Waals surface area contributed by atoms with E-state index in [0.717, 1.165) is 11.1 Å². The van der Waals surface area contributed by atoms with Crippen LogP contribution in [0.5, 0.6) is 0 Å². The maximum Gasteiger partial charge on any atom is 0.352 e. The lowest BCUT2D eigenvalue weighted by Gasteiger charge is -2.30. The molecule has 1 aliphatic rings. The number of amides is 8. The zero-order chi connectivity index (χ0) is 56.0. The molecular formula is C48H82N16O11. The highest BCUT2D eigenvalue weighted by molar-refractivity contribution is 5.99. The predicted molar refractivity (Wildman–Crippen MR) is 279 cm³/mol. The van der Waals surface area contributed by atoms with Crippen LogP contribution >= 0.6 is 0 Å². The van der Waals surface area contributed by atoms with Gasteiger partial charge in [0.25, 0.3) is 0 Å². The number of aliphatic hydroxyl groups excluding tert-OH is 1. The number of carbonyl (C=O) groups excluding carboxylic acids is 8. The lowest BCUT2D eigenvalue weighted by Crippen LogP contribution is -2.60. The van der Waals surface area contributed by atoms with Gasteiger partial charge in [-0.3, -0.25) is 43.3 Å². The Labute approximate surface area is 437 Å². The van der Waals surface area contributed by atoms with Gasteiger partial charge in [-0.1, -0.05) is 42.3 Å². The number of carboxylic acids is 1. The zero-order valence-corrected chi connectivity index (χ0v) is 43.2. The summed E-state index contributed by atoms with van der Waals surface area (Å²) in [5, 5.41) is 37.8. The third-order valence-electron chi connectivity index (χ3n) is 12.2.